The highest BCUT2D eigenvalue weighted by atomic mass is 16.5. The van der Waals surface area contributed by atoms with Gasteiger partial charge >= 0.3 is 0 Å². The number of rotatable bonds is 3. The Bertz CT molecular complexity index is 631. The predicted molar refractivity (Wildman–Crippen MR) is 80.2 cm³/mol. The van der Waals surface area contributed by atoms with E-state index in [4.69, 9.17) is 4.74 Å². The molecule has 0 aliphatic carbocycles. The monoisotopic (exact) mass is 268 g/mol. The van der Waals surface area contributed by atoms with Crippen molar-refractivity contribution < 1.29 is 9.84 Å². The summed E-state index contributed by atoms with van der Waals surface area (Å²) in [5.74, 6) is 0.965. The van der Waals surface area contributed by atoms with Crippen LogP contribution in [0.3, 0.4) is 0 Å². The summed E-state index contributed by atoms with van der Waals surface area (Å²) in [5, 5.41) is 10.4. The topological polar surface area (TPSA) is 29.5 Å². The molecule has 0 spiro atoms. The van der Waals surface area contributed by atoms with Crippen LogP contribution in [-0.2, 0) is 12.8 Å². The summed E-state index contributed by atoms with van der Waals surface area (Å²) >= 11 is 0. The molecule has 1 heterocycles. The molecule has 2 aromatic carbocycles. The van der Waals surface area contributed by atoms with Gasteiger partial charge in [0.1, 0.15) is 5.75 Å². The molecule has 1 aliphatic rings. The Morgan fingerprint density at radius 1 is 1.10 bits per heavy atom. The molecule has 1 aliphatic heterocycles. The van der Waals surface area contributed by atoms with E-state index >= 15 is 0 Å². The summed E-state index contributed by atoms with van der Waals surface area (Å²) in [6.07, 6.45) is 1.14. The highest BCUT2D eigenvalue weighted by Gasteiger charge is 2.15. The summed E-state index contributed by atoms with van der Waals surface area (Å²) < 4.78 is 5.50. The van der Waals surface area contributed by atoms with Crippen LogP contribution < -0.4 is 4.74 Å². The molecule has 2 aromatic rings. The van der Waals surface area contributed by atoms with Crippen LogP contribution in [0.4, 0.5) is 0 Å². The quantitative estimate of drug-likeness (QED) is 0.923. The van der Waals surface area contributed by atoms with E-state index in [2.05, 4.69) is 38.1 Å². The molecular formula is C18H20O2. The lowest BCUT2D eigenvalue weighted by atomic mass is 9.97. The second-order valence-corrected chi connectivity index (χ2v) is 5.60. The third-order valence-electron chi connectivity index (χ3n) is 4.10. The SMILES string of the molecule is Cc1ccc(CC(O)c2ccc3c(c2)CCO3)cc1C. The summed E-state index contributed by atoms with van der Waals surface area (Å²) in [4.78, 5) is 0. The van der Waals surface area contributed by atoms with Gasteiger partial charge in [0.15, 0.2) is 0 Å². The summed E-state index contributed by atoms with van der Waals surface area (Å²) in [7, 11) is 0. The Kier molecular flexibility index (Phi) is 3.49. The van der Waals surface area contributed by atoms with Crippen molar-refractivity contribution in [2.24, 2.45) is 0 Å². The van der Waals surface area contributed by atoms with Crippen molar-refractivity contribution in [2.75, 3.05) is 6.61 Å². The largest absolute Gasteiger partial charge is 0.493 e. The van der Waals surface area contributed by atoms with Crippen molar-refractivity contribution in [3.8, 4) is 5.75 Å². The van der Waals surface area contributed by atoms with E-state index in [1.807, 2.05) is 12.1 Å². The molecule has 0 aromatic heterocycles. The van der Waals surface area contributed by atoms with Crippen LogP contribution in [0.1, 0.15) is 33.9 Å². The van der Waals surface area contributed by atoms with Gasteiger partial charge in [0.05, 0.1) is 12.7 Å². The highest BCUT2D eigenvalue weighted by molar-refractivity contribution is 5.41. The van der Waals surface area contributed by atoms with Gasteiger partial charge < -0.3 is 9.84 Å². The minimum atomic E-state index is -0.456. The third-order valence-corrected chi connectivity index (χ3v) is 4.10. The number of aliphatic hydroxyl groups is 1. The average molecular weight is 268 g/mol. The number of hydrogen-bond acceptors (Lipinski definition) is 2. The molecule has 104 valence electrons. The van der Waals surface area contributed by atoms with Crippen LogP contribution in [0.2, 0.25) is 0 Å². The van der Waals surface area contributed by atoms with Crippen LogP contribution in [0, 0.1) is 13.8 Å². The molecule has 0 radical (unpaired) electrons. The third kappa shape index (κ3) is 2.56. The summed E-state index contributed by atoms with van der Waals surface area (Å²) in [6, 6.07) is 12.4. The first-order valence-electron chi connectivity index (χ1n) is 7.13. The van der Waals surface area contributed by atoms with E-state index in [0.717, 1.165) is 24.3 Å². The smallest absolute Gasteiger partial charge is 0.122 e. The molecule has 0 saturated heterocycles. The first kappa shape index (κ1) is 13.2. The first-order valence-corrected chi connectivity index (χ1v) is 7.13. The molecule has 0 amide bonds. The van der Waals surface area contributed by atoms with E-state index in [1.165, 1.54) is 22.3 Å². The minimum Gasteiger partial charge on any atom is -0.493 e. The highest BCUT2D eigenvalue weighted by Crippen LogP contribution is 2.29. The van der Waals surface area contributed by atoms with E-state index in [9.17, 15) is 5.11 Å². The number of ether oxygens (including phenoxy) is 1. The maximum atomic E-state index is 10.4. The van der Waals surface area contributed by atoms with E-state index in [0.29, 0.717) is 6.42 Å². The van der Waals surface area contributed by atoms with Gasteiger partial charge in [-0.3, -0.25) is 0 Å². The second kappa shape index (κ2) is 5.29. The Morgan fingerprint density at radius 3 is 2.75 bits per heavy atom. The average Bonchev–Trinajstić information content (AvgIpc) is 2.90. The molecule has 1 unspecified atom stereocenters. The molecule has 0 fully saturated rings. The number of fused-ring (bicyclic) bond motifs is 1. The van der Waals surface area contributed by atoms with Gasteiger partial charge in [-0.15, -0.1) is 0 Å². The Morgan fingerprint density at radius 2 is 1.95 bits per heavy atom. The van der Waals surface area contributed by atoms with Gasteiger partial charge in [-0.1, -0.05) is 24.3 Å². The maximum absolute atomic E-state index is 10.4. The lowest BCUT2D eigenvalue weighted by molar-refractivity contribution is 0.178. The van der Waals surface area contributed by atoms with Gasteiger partial charge in [0.2, 0.25) is 0 Å². The van der Waals surface area contributed by atoms with Gasteiger partial charge in [-0.25, -0.2) is 0 Å². The van der Waals surface area contributed by atoms with Gasteiger partial charge in [-0.05, 0) is 53.8 Å². The summed E-state index contributed by atoms with van der Waals surface area (Å²) in [5.41, 5.74) is 5.93. The van der Waals surface area contributed by atoms with E-state index in [-0.39, 0.29) is 0 Å². The standard InChI is InChI=1S/C18H20O2/c1-12-3-4-14(9-13(12)2)10-17(19)15-5-6-18-16(11-15)7-8-20-18/h3-6,9,11,17,19H,7-8,10H2,1-2H3. The van der Waals surface area contributed by atoms with Crippen LogP contribution in [0.5, 0.6) is 5.75 Å². The van der Waals surface area contributed by atoms with Gasteiger partial charge in [-0.2, -0.15) is 0 Å². The van der Waals surface area contributed by atoms with Crippen molar-refractivity contribution in [2.45, 2.75) is 32.8 Å². The van der Waals surface area contributed by atoms with Crippen LogP contribution >= 0.6 is 0 Å². The van der Waals surface area contributed by atoms with Crippen LogP contribution in [0.15, 0.2) is 36.4 Å². The lowest BCUT2D eigenvalue weighted by Gasteiger charge is -2.13. The molecule has 1 atom stereocenters. The Labute approximate surface area is 120 Å². The van der Waals surface area contributed by atoms with E-state index < -0.39 is 6.10 Å². The van der Waals surface area contributed by atoms with Gasteiger partial charge in [0.25, 0.3) is 0 Å². The van der Waals surface area contributed by atoms with Crippen molar-refractivity contribution in [1.29, 1.82) is 0 Å². The number of aliphatic hydroxyl groups excluding tert-OH is 1. The molecule has 0 bridgehead atoms. The molecule has 2 heteroatoms. The molecule has 3 rings (SSSR count). The first-order chi connectivity index (χ1) is 9.63. The molecular weight excluding hydrogens is 248 g/mol. The zero-order valence-corrected chi connectivity index (χ0v) is 12.0. The summed E-state index contributed by atoms with van der Waals surface area (Å²) in [6.45, 7) is 4.97. The fraction of sp³-hybridized carbons (Fsp3) is 0.333. The molecule has 0 saturated carbocycles. The zero-order valence-electron chi connectivity index (χ0n) is 12.0. The fourth-order valence-electron chi connectivity index (χ4n) is 2.69. The van der Waals surface area contributed by atoms with E-state index in [1.54, 1.807) is 0 Å². The minimum absolute atomic E-state index is 0.456. The maximum Gasteiger partial charge on any atom is 0.122 e. The molecule has 20 heavy (non-hydrogen) atoms. The zero-order chi connectivity index (χ0) is 14.1. The number of aryl methyl sites for hydroxylation is 2. The lowest BCUT2D eigenvalue weighted by Crippen LogP contribution is -2.02. The van der Waals surface area contributed by atoms with Crippen LogP contribution in [-0.4, -0.2) is 11.7 Å². The normalized spacial score (nSPS) is 14.8. The van der Waals surface area contributed by atoms with Gasteiger partial charge in [0, 0.05) is 12.8 Å². The predicted octanol–water partition coefficient (Wildman–Crippen LogP) is 3.51. The van der Waals surface area contributed by atoms with Crippen molar-refractivity contribution in [3.63, 3.8) is 0 Å². The number of hydrogen-bond donors (Lipinski definition) is 1. The van der Waals surface area contributed by atoms with Crippen molar-refractivity contribution in [1.82, 2.24) is 0 Å². The van der Waals surface area contributed by atoms with Crippen molar-refractivity contribution >= 4 is 0 Å². The van der Waals surface area contributed by atoms with Crippen LogP contribution in [0.25, 0.3) is 0 Å². The van der Waals surface area contributed by atoms with Crippen molar-refractivity contribution in [3.05, 3.63) is 64.2 Å². The Hall–Kier alpha value is -1.80. The second-order valence-electron chi connectivity index (χ2n) is 5.60. The number of benzene rings is 2. The Balaban J connectivity index is 1.78. The fourth-order valence-corrected chi connectivity index (χ4v) is 2.69. The molecule has 1 N–H and O–H groups in total. The molecule has 2 nitrogen and oxygen atoms in total.